The number of rotatable bonds is 10. The highest BCUT2D eigenvalue weighted by Gasteiger charge is 2.48. The maximum Gasteiger partial charge on any atom is 0.294 e. The van der Waals surface area contributed by atoms with E-state index in [2.05, 4.69) is 0 Å². The van der Waals surface area contributed by atoms with Gasteiger partial charge in [0, 0.05) is 47.5 Å². The number of nitrogens with zero attached hydrogens (tertiary/aromatic N) is 2. The van der Waals surface area contributed by atoms with Gasteiger partial charge in [-0.3, -0.25) is 18.5 Å². The number of aliphatic hydroxyl groups is 1. The molecular weight excluding hydrogens is 685 g/mol. The normalized spacial score (nSPS) is 20.5. The van der Waals surface area contributed by atoms with Crippen molar-refractivity contribution < 1.29 is 53.4 Å². The lowest BCUT2D eigenvalue weighted by Crippen LogP contribution is -2.32. The van der Waals surface area contributed by atoms with Crippen LogP contribution in [0.25, 0.3) is 0 Å². The molecule has 2 heterocycles. The van der Waals surface area contributed by atoms with E-state index in [4.69, 9.17) is 0 Å². The second-order valence-corrected chi connectivity index (χ2v) is 17.5. The summed E-state index contributed by atoms with van der Waals surface area (Å²) in [6.45, 7) is 9.73. The molecule has 13 nitrogen and oxygen atoms in total. The third-order valence-corrected chi connectivity index (χ3v) is 11.6. The Morgan fingerprint density at radius 2 is 1.42 bits per heavy atom. The first-order valence-electron chi connectivity index (χ1n) is 15.0. The Kier molecular flexibility index (Phi) is 8.71. The van der Waals surface area contributed by atoms with E-state index in [1.165, 1.54) is 36.4 Å². The van der Waals surface area contributed by atoms with Gasteiger partial charge in [0.25, 0.3) is 30.4 Å². The summed E-state index contributed by atoms with van der Waals surface area (Å²) < 4.78 is 101. The van der Waals surface area contributed by atoms with Crippen LogP contribution in [-0.2, 0) is 46.0 Å². The largest absolute Gasteiger partial charge is 0.506 e. The molecule has 0 saturated heterocycles. The minimum Gasteiger partial charge on any atom is -0.506 e. The van der Waals surface area contributed by atoms with Gasteiger partial charge in [-0.05, 0) is 62.2 Å². The highest BCUT2D eigenvalue weighted by molar-refractivity contribution is 7.86. The fourth-order valence-electron chi connectivity index (χ4n) is 6.64. The summed E-state index contributed by atoms with van der Waals surface area (Å²) in [5.74, 6) is -1.34. The number of fused-ring (bicyclic) bond motifs is 2. The number of benzene rings is 2. The number of hydrogen-bond acceptors (Lipinski definition) is 9. The van der Waals surface area contributed by atoms with Crippen molar-refractivity contribution in [3.63, 3.8) is 0 Å². The van der Waals surface area contributed by atoms with E-state index in [0.717, 1.165) is 0 Å². The summed E-state index contributed by atoms with van der Waals surface area (Å²) in [7, 11) is -13.3. The van der Waals surface area contributed by atoms with Crippen LogP contribution >= 0.6 is 0 Å². The first kappa shape index (κ1) is 35.6. The molecule has 258 valence electrons. The quantitative estimate of drug-likeness (QED) is 0.154. The fraction of sp³-hybridized carbons (Fsp3) is 0.375. The summed E-state index contributed by atoms with van der Waals surface area (Å²) in [6, 6.07) is 8.27. The summed E-state index contributed by atoms with van der Waals surface area (Å²) in [5, 5.41) is 11.3. The van der Waals surface area contributed by atoms with Gasteiger partial charge in [-0.2, -0.15) is 29.8 Å². The highest BCUT2D eigenvalue weighted by Crippen LogP contribution is 2.50. The molecule has 0 amide bonds. The van der Waals surface area contributed by atoms with Crippen LogP contribution in [0.5, 0.6) is 0 Å². The topological polar surface area (TPSA) is 207 Å². The van der Waals surface area contributed by atoms with Crippen LogP contribution in [0.4, 0.5) is 11.4 Å². The lowest BCUT2D eigenvalue weighted by Gasteiger charge is -2.29. The molecule has 0 unspecified atom stereocenters. The van der Waals surface area contributed by atoms with E-state index in [9.17, 15) is 48.8 Å². The number of hydrogen-bond donors (Lipinski definition) is 4. The molecule has 0 spiro atoms. The van der Waals surface area contributed by atoms with E-state index < -0.39 is 52.7 Å². The van der Waals surface area contributed by atoms with Crippen molar-refractivity contribution in [2.24, 2.45) is 0 Å². The van der Waals surface area contributed by atoms with Crippen LogP contribution in [0.3, 0.4) is 0 Å². The molecule has 0 fully saturated rings. The monoisotopic (exact) mass is 721 g/mol. The molecule has 0 radical (unpaired) electrons. The molecule has 0 saturated carbocycles. The molecule has 0 aromatic heterocycles. The van der Waals surface area contributed by atoms with Gasteiger partial charge in [0.2, 0.25) is 11.5 Å². The van der Waals surface area contributed by atoms with Crippen LogP contribution in [-0.4, -0.2) is 78.9 Å². The molecule has 2 aromatic rings. The zero-order valence-corrected chi connectivity index (χ0v) is 29.4. The van der Waals surface area contributed by atoms with E-state index in [-0.39, 0.29) is 39.7 Å². The average molecular weight is 722 g/mol. The number of carbonyl (C=O) groups is 1. The maximum atomic E-state index is 13.7. The second-order valence-electron chi connectivity index (χ2n) is 13.1. The number of ketones is 1. The van der Waals surface area contributed by atoms with Gasteiger partial charge in [0.1, 0.15) is 12.3 Å². The predicted molar refractivity (Wildman–Crippen MR) is 178 cm³/mol. The number of Topliss-reactive ketones (excluding diaryl/α,β-unsaturated/α-hetero) is 1. The summed E-state index contributed by atoms with van der Waals surface area (Å²) >= 11 is 0. The van der Waals surface area contributed by atoms with E-state index in [0.29, 0.717) is 46.9 Å². The third kappa shape index (κ3) is 6.16. The molecule has 48 heavy (non-hydrogen) atoms. The van der Waals surface area contributed by atoms with Crippen LogP contribution < -0.4 is 4.90 Å². The second kappa shape index (κ2) is 11.7. The third-order valence-electron chi connectivity index (χ3n) is 9.12. The molecule has 5 rings (SSSR count). The first-order valence-corrected chi connectivity index (χ1v) is 19.5. The Labute approximate surface area is 279 Å². The lowest BCUT2D eigenvalue weighted by atomic mass is 9.77. The molecule has 2 aliphatic heterocycles. The van der Waals surface area contributed by atoms with Crippen LogP contribution in [0.2, 0.25) is 0 Å². The lowest BCUT2D eigenvalue weighted by molar-refractivity contribution is -0.437. The molecule has 4 N–H and O–H groups in total. The Morgan fingerprint density at radius 3 is 1.96 bits per heavy atom. The smallest absolute Gasteiger partial charge is 0.294 e. The molecule has 3 aliphatic rings. The van der Waals surface area contributed by atoms with Gasteiger partial charge in [-0.15, -0.1) is 0 Å². The van der Waals surface area contributed by atoms with E-state index in [1.54, 1.807) is 30.9 Å². The first-order chi connectivity index (χ1) is 22.0. The SMILES string of the molecule is CCC[N+]1=C(/C=C2/C(=O)C(/C=C3/N(CCCS(=O)(=O)O)c4ccc(S(=O)(=O)O)cc4C3(C)C)=C2O)C(C)(C)c2cc(S(=O)(=O)O)ccc21. The molecule has 16 heteroatoms. The predicted octanol–water partition coefficient (Wildman–Crippen LogP) is 4.25. The summed E-state index contributed by atoms with van der Waals surface area (Å²) in [5.41, 5.74) is 1.55. The average Bonchev–Trinajstić information content (AvgIpc) is 3.30. The molecule has 1 aliphatic carbocycles. The standard InChI is InChI=1S/C32H36N2O11S3/c1-6-12-33-25-10-8-19(47(40,41)42)15-23(25)31(2,3)27(33)17-21-29(35)22(30(21)36)18-28-32(4,5)24-16-20(48(43,44)45)9-11-26(24)34(28)13-7-14-46(37,38)39/h8-11,15-18H,6-7,12-14H2,1-5H3,(H3-,35,36,37,38,39,40,41,42,43,44,45)/p+1. The van der Waals surface area contributed by atoms with Gasteiger partial charge in [0.15, 0.2) is 5.71 Å². The summed E-state index contributed by atoms with van der Waals surface area (Å²) in [6.07, 6.45) is 3.73. The summed E-state index contributed by atoms with van der Waals surface area (Å²) in [4.78, 5) is 14.8. The molecule has 0 atom stereocenters. The van der Waals surface area contributed by atoms with Crippen molar-refractivity contribution in [3.05, 3.63) is 82.3 Å². The molecule has 0 bridgehead atoms. The van der Waals surface area contributed by atoms with Crippen LogP contribution in [0.15, 0.2) is 80.9 Å². The molecular formula is C32H37N2O11S3+. The van der Waals surface area contributed by atoms with Gasteiger partial charge in [-0.1, -0.05) is 20.8 Å². The van der Waals surface area contributed by atoms with Crippen LogP contribution in [0, 0.1) is 0 Å². The van der Waals surface area contributed by atoms with Gasteiger partial charge < -0.3 is 10.0 Å². The zero-order chi connectivity index (χ0) is 35.8. The van der Waals surface area contributed by atoms with Gasteiger partial charge >= 0.3 is 0 Å². The van der Waals surface area contributed by atoms with Crippen molar-refractivity contribution in [1.29, 1.82) is 0 Å². The van der Waals surface area contributed by atoms with Crippen molar-refractivity contribution in [2.45, 2.75) is 68.1 Å². The van der Waals surface area contributed by atoms with Gasteiger partial charge in [0.05, 0.1) is 32.1 Å². The number of aliphatic hydroxyl groups excluding tert-OH is 1. The van der Waals surface area contributed by atoms with Crippen molar-refractivity contribution in [3.8, 4) is 0 Å². The minimum absolute atomic E-state index is 0.0175. The fourth-order valence-corrected chi connectivity index (χ4v) is 8.15. The Bertz CT molecular complexity index is 2230. The highest BCUT2D eigenvalue weighted by atomic mass is 32.2. The Hall–Kier alpha value is -3.67. The van der Waals surface area contributed by atoms with Crippen molar-refractivity contribution in [1.82, 2.24) is 0 Å². The maximum absolute atomic E-state index is 13.7. The number of carbonyl (C=O) groups excluding carboxylic acids is 1. The van der Waals surface area contributed by atoms with Crippen LogP contribution in [0.1, 0.15) is 58.6 Å². The Balaban J connectivity index is 1.60. The number of allylic oxidation sites excluding steroid dienone is 5. The van der Waals surface area contributed by atoms with E-state index >= 15 is 0 Å². The van der Waals surface area contributed by atoms with E-state index in [1.807, 2.05) is 25.3 Å². The molecule has 2 aromatic carbocycles. The van der Waals surface area contributed by atoms with Crippen molar-refractivity contribution >= 4 is 53.2 Å². The number of anilines is 1. The van der Waals surface area contributed by atoms with Gasteiger partial charge in [-0.25, -0.2) is 0 Å². The van der Waals surface area contributed by atoms with Crippen molar-refractivity contribution in [2.75, 3.05) is 23.7 Å². The Morgan fingerprint density at radius 1 is 0.833 bits per heavy atom. The minimum atomic E-state index is -4.56. The zero-order valence-electron chi connectivity index (χ0n) is 26.9.